The zero-order valence-corrected chi connectivity index (χ0v) is 17.5. The Morgan fingerprint density at radius 3 is 2.70 bits per heavy atom. The highest BCUT2D eigenvalue weighted by Crippen LogP contribution is 2.25. The molecule has 4 aromatic heterocycles. The van der Waals surface area contributed by atoms with E-state index in [0.717, 1.165) is 28.9 Å². The van der Waals surface area contributed by atoms with Crippen LogP contribution < -0.4 is 10.9 Å². The molecule has 4 aromatic rings. The second kappa shape index (κ2) is 6.88. The quantitative estimate of drug-likeness (QED) is 0.559. The van der Waals surface area contributed by atoms with E-state index in [-0.39, 0.29) is 5.56 Å². The molecule has 0 fully saturated rings. The fraction of sp³-hybridized carbons (Fsp3) is 0.304. The summed E-state index contributed by atoms with van der Waals surface area (Å²) in [4.78, 5) is 22.1. The van der Waals surface area contributed by atoms with Gasteiger partial charge in [-0.2, -0.15) is 5.10 Å². The van der Waals surface area contributed by atoms with Crippen molar-refractivity contribution < 1.29 is 0 Å². The first kappa shape index (κ1) is 18.7. The molecule has 2 atom stereocenters. The third kappa shape index (κ3) is 3.21. The standard InChI is InChI=1S/C23H24N6O/c1-13-7-18(8-14(2)24-13)17-5-6-22-26-19(10-23(30)28(22)12-17)20-9-21-16(4)25-15(3)11-29(21)27-20/h5-7,9-14,24H,8H2,1-4H3. The number of fused-ring (bicyclic) bond motifs is 2. The Kier molecular flexibility index (Phi) is 4.29. The van der Waals surface area contributed by atoms with Crippen molar-refractivity contribution in [3.8, 4) is 11.4 Å². The van der Waals surface area contributed by atoms with Gasteiger partial charge in [0.1, 0.15) is 11.3 Å². The van der Waals surface area contributed by atoms with Gasteiger partial charge < -0.3 is 5.32 Å². The Bertz CT molecular complexity index is 1380. The minimum Gasteiger partial charge on any atom is -0.308 e. The molecule has 0 amide bonds. The molecule has 1 aliphatic heterocycles. The van der Waals surface area contributed by atoms with Crippen LogP contribution in [0.25, 0.3) is 28.1 Å². The molecular formula is C23H24N6O. The van der Waals surface area contributed by atoms with Crippen LogP contribution in [0.15, 0.2) is 47.5 Å². The Hall–Kier alpha value is -3.32. The molecule has 0 spiro atoms. The molecule has 7 nitrogen and oxygen atoms in total. The van der Waals surface area contributed by atoms with Gasteiger partial charge in [-0.05, 0) is 63.5 Å². The van der Waals surface area contributed by atoms with Gasteiger partial charge in [0.15, 0.2) is 0 Å². The van der Waals surface area contributed by atoms with Crippen LogP contribution in [0.5, 0.6) is 0 Å². The third-order valence-corrected chi connectivity index (χ3v) is 5.58. The molecule has 152 valence electrons. The van der Waals surface area contributed by atoms with Crippen LogP contribution in [-0.4, -0.2) is 36.1 Å². The lowest BCUT2D eigenvalue weighted by atomic mass is 9.94. The maximum absolute atomic E-state index is 12.9. The Labute approximate surface area is 174 Å². The van der Waals surface area contributed by atoms with Crippen LogP contribution in [-0.2, 0) is 0 Å². The average Bonchev–Trinajstić information content (AvgIpc) is 3.11. The second-order valence-electron chi connectivity index (χ2n) is 8.21. The lowest BCUT2D eigenvalue weighted by Gasteiger charge is -2.26. The largest absolute Gasteiger partial charge is 0.308 e. The number of aryl methyl sites for hydroxylation is 2. The number of pyridine rings is 1. The molecule has 1 aliphatic rings. The van der Waals surface area contributed by atoms with Gasteiger partial charge in [0.2, 0.25) is 0 Å². The van der Waals surface area contributed by atoms with E-state index in [2.05, 4.69) is 35.3 Å². The minimum atomic E-state index is -0.115. The summed E-state index contributed by atoms with van der Waals surface area (Å²) in [6, 6.07) is 8.15. The first-order valence-corrected chi connectivity index (χ1v) is 10.2. The Morgan fingerprint density at radius 2 is 1.90 bits per heavy atom. The first-order chi connectivity index (χ1) is 14.4. The fourth-order valence-corrected chi connectivity index (χ4v) is 4.31. The van der Waals surface area contributed by atoms with Crippen molar-refractivity contribution in [2.75, 3.05) is 0 Å². The predicted molar refractivity (Wildman–Crippen MR) is 118 cm³/mol. The molecule has 0 saturated carbocycles. The summed E-state index contributed by atoms with van der Waals surface area (Å²) in [5.74, 6) is 0. The Balaban J connectivity index is 1.60. The van der Waals surface area contributed by atoms with Gasteiger partial charge in [-0.3, -0.25) is 14.2 Å². The molecule has 0 bridgehead atoms. The normalized spacial score (nSPS) is 19.4. The Morgan fingerprint density at radius 1 is 1.07 bits per heavy atom. The number of hydrogen-bond donors (Lipinski definition) is 1. The molecular weight excluding hydrogens is 376 g/mol. The molecule has 5 rings (SSSR count). The smallest absolute Gasteiger partial charge is 0.258 e. The summed E-state index contributed by atoms with van der Waals surface area (Å²) in [7, 11) is 0. The van der Waals surface area contributed by atoms with E-state index in [1.165, 1.54) is 5.57 Å². The molecule has 0 radical (unpaired) electrons. The maximum atomic E-state index is 12.9. The van der Waals surface area contributed by atoms with Crippen LogP contribution in [0, 0.1) is 13.8 Å². The van der Waals surface area contributed by atoms with Crippen molar-refractivity contribution in [1.82, 2.24) is 29.3 Å². The molecule has 30 heavy (non-hydrogen) atoms. The fourth-order valence-electron chi connectivity index (χ4n) is 4.31. The van der Waals surface area contributed by atoms with Crippen molar-refractivity contribution in [2.24, 2.45) is 0 Å². The second-order valence-corrected chi connectivity index (χ2v) is 8.21. The zero-order chi connectivity index (χ0) is 21.0. The summed E-state index contributed by atoms with van der Waals surface area (Å²) in [6.07, 6.45) is 6.93. The van der Waals surface area contributed by atoms with Gasteiger partial charge in [0.25, 0.3) is 5.56 Å². The van der Waals surface area contributed by atoms with Crippen LogP contribution >= 0.6 is 0 Å². The van der Waals surface area contributed by atoms with Crippen molar-refractivity contribution in [2.45, 2.75) is 46.2 Å². The highest BCUT2D eigenvalue weighted by molar-refractivity contribution is 5.69. The monoisotopic (exact) mass is 400 g/mol. The van der Waals surface area contributed by atoms with E-state index in [4.69, 9.17) is 4.98 Å². The molecule has 2 unspecified atom stereocenters. The van der Waals surface area contributed by atoms with Gasteiger partial charge >= 0.3 is 0 Å². The van der Waals surface area contributed by atoms with E-state index in [9.17, 15) is 4.79 Å². The van der Waals surface area contributed by atoms with Crippen molar-refractivity contribution >= 4 is 16.7 Å². The van der Waals surface area contributed by atoms with Crippen LogP contribution in [0.3, 0.4) is 0 Å². The van der Waals surface area contributed by atoms with Gasteiger partial charge in [-0.15, -0.1) is 0 Å². The SMILES string of the molecule is Cc1cn2nc(-c3cc(=O)n4cc(C5=CC(C)NC(C)C5)ccc4n3)cc2c(C)n1. The average molecular weight is 400 g/mol. The lowest BCUT2D eigenvalue weighted by molar-refractivity contribution is 0.506. The van der Waals surface area contributed by atoms with Gasteiger partial charge in [0.05, 0.1) is 28.8 Å². The van der Waals surface area contributed by atoms with Crippen LogP contribution in [0.1, 0.15) is 37.2 Å². The minimum absolute atomic E-state index is 0.115. The number of hydrogen-bond acceptors (Lipinski definition) is 5. The summed E-state index contributed by atoms with van der Waals surface area (Å²) >= 11 is 0. The summed E-state index contributed by atoms with van der Waals surface area (Å²) in [5.41, 5.74) is 6.74. The van der Waals surface area contributed by atoms with Crippen molar-refractivity contribution in [3.63, 3.8) is 0 Å². The molecule has 5 heterocycles. The number of rotatable bonds is 2. The van der Waals surface area contributed by atoms with E-state index in [0.29, 0.717) is 29.1 Å². The summed E-state index contributed by atoms with van der Waals surface area (Å²) < 4.78 is 3.41. The first-order valence-electron chi connectivity index (χ1n) is 10.2. The van der Waals surface area contributed by atoms with Crippen molar-refractivity contribution in [1.29, 1.82) is 0 Å². The third-order valence-electron chi connectivity index (χ3n) is 5.58. The summed E-state index contributed by atoms with van der Waals surface area (Å²) in [6.45, 7) is 8.21. The maximum Gasteiger partial charge on any atom is 0.258 e. The highest BCUT2D eigenvalue weighted by Gasteiger charge is 2.17. The number of nitrogens with one attached hydrogen (secondary N) is 1. The molecule has 0 aliphatic carbocycles. The van der Waals surface area contributed by atoms with Gasteiger partial charge in [-0.25, -0.2) is 9.50 Å². The predicted octanol–water partition coefficient (Wildman–Crippen LogP) is 3.17. The van der Waals surface area contributed by atoms with E-state index in [1.54, 1.807) is 15.0 Å². The summed E-state index contributed by atoms with van der Waals surface area (Å²) in [5, 5.41) is 8.11. The van der Waals surface area contributed by atoms with Crippen molar-refractivity contribution in [3.05, 3.63) is 70.0 Å². The van der Waals surface area contributed by atoms with E-state index < -0.39 is 0 Å². The zero-order valence-electron chi connectivity index (χ0n) is 17.5. The topological polar surface area (TPSA) is 76.6 Å². The molecule has 1 N–H and O–H groups in total. The number of aromatic nitrogens is 5. The molecule has 0 saturated heterocycles. The highest BCUT2D eigenvalue weighted by atomic mass is 16.1. The van der Waals surface area contributed by atoms with Gasteiger partial charge in [-0.1, -0.05) is 6.08 Å². The number of nitrogens with zero attached hydrogens (tertiary/aromatic N) is 5. The lowest BCUT2D eigenvalue weighted by Crippen LogP contribution is -2.36. The molecule has 0 aromatic carbocycles. The van der Waals surface area contributed by atoms with Crippen LogP contribution in [0.2, 0.25) is 0 Å². The van der Waals surface area contributed by atoms with E-state index >= 15 is 0 Å². The van der Waals surface area contributed by atoms with E-state index in [1.807, 2.05) is 44.4 Å². The molecule has 7 heteroatoms. The van der Waals surface area contributed by atoms with Gasteiger partial charge in [0, 0.05) is 24.3 Å². The van der Waals surface area contributed by atoms with Crippen LogP contribution in [0.4, 0.5) is 0 Å².